The Hall–Kier alpha value is -3.62. The molecule has 13 nitrogen and oxygen atoms in total. The van der Waals surface area contributed by atoms with Crippen molar-refractivity contribution >= 4 is 53.1 Å². The zero-order valence-electron chi connectivity index (χ0n) is 19.3. The molecule has 1 aromatic heterocycles. The van der Waals surface area contributed by atoms with Crippen molar-refractivity contribution in [1.29, 1.82) is 0 Å². The Morgan fingerprint density at radius 1 is 0.972 bits per heavy atom. The molecule has 0 fully saturated rings. The highest BCUT2D eigenvalue weighted by Gasteiger charge is 2.30. The first-order valence-electron chi connectivity index (χ1n) is 11.0. The van der Waals surface area contributed by atoms with E-state index in [1.165, 1.54) is 0 Å². The first-order chi connectivity index (χ1) is 17.1. The molecule has 36 heavy (non-hydrogen) atoms. The lowest BCUT2D eigenvalue weighted by molar-refractivity contribution is -0.142. The lowest BCUT2D eigenvalue weighted by Crippen LogP contribution is -2.58. The molecule has 0 spiro atoms. The van der Waals surface area contributed by atoms with E-state index in [1.54, 1.807) is 12.3 Å². The second-order valence-electron chi connectivity index (χ2n) is 8.06. The quantitative estimate of drug-likeness (QED) is 0.123. The zero-order chi connectivity index (χ0) is 26.8. The molecule has 1 heterocycles. The molecule has 14 heteroatoms. The Bertz CT molecular complexity index is 1110. The van der Waals surface area contributed by atoms with Crippen molar-refractivity contribution in [2.24, 2.45) is 11.5 Å². The number of carbonyl (C=O) groups is 5. The van der Waals surface area contributed by atoms with Gasteiger partial charge in [0.15, 0.2) is 0 Å². The fraction of sp³-hybridized carbons (Fsp3) is 0.409. The van der Waals surface area contributed by atoms with E-state index in [0.29, 0.717) is 5.56 Å². The molecule has 10 N–H and O–H groups in total. The zero-order valence-corrected chi connectivity index (χ0v) is 20.2. The molecule has 0 bridgehead atoms. The summed E-state index contributed by atoms with van der Waals surface area (Å²) in [7, 11) is 0. The number of H-pyrrole nitrogens is 1. The third-order valence-electron chi connectivity index (χ3n) is 5.37. The topological polar surface area (TPSA) is 230 Å². The third kappa shape index (κ3) is 7.96. The van der Waals surface area contributed by atoms with Crippen LogP contribution in [0.5, 0.6) is 0 Å². The number of hydrogen-bond donors (Lipinski definition) is 9. The van der Waals surface area contributed by atoms with Gasteiger partial charge in [0.25, 0.3) is 0 Å². The summed E-state index contributed by atoms with van der Waals surface area (Å²) in [6.45, 7) is -0.676. The first kappa shape index (κ1) is 28.6. The number of hydrogen-bond acceptors (Lipinski definition) is 8. The van der Waals surface area contributed by atoms with Crippen LogP contribution in [0, 0.1) is 0 Å². The number of aromatic amines is 1. The van der Waals surface area contributed by atoms with E-state index in [0.717, 1.165) is 10.9 Å². The number of benzene rings is 1. The number of thiol groups is 1. The lowest BCUT2D eigenvalue weighted by Gasteiger charge is -2.24. The van der Waals surface area contributed by atoms with Crippen LogP contribution in [0.3, 0.4) is 0 Å². The summed E-state index contributed by atoms with van der Waals surface area (Å²) in [6.07, 6.45) is 1.20. The number of para-hydroxylation sites is 1. The predicted octanol–water partition coefficient (Wildman–Crippen LogP) is -2.24. The predicted molar refractivity (Wildman–Crippen MR) is 133 cm³/mol. The molecular weight excluding hydrogens is 492 g/mol. The van der Waals surface area contributed by atoms with Crippen molar-refractivity contribution in [2.45, 2.75) is 43.4 Å². The molecule has 0 radical (unpaired) electrons. The van der Waals surface area contributed by atoms with Crippen molar-refractivity contribution in [3.63, 3.8) is 0 Å². The fourth-order valence-electron chi connectivity index (χ4n) is 3.38. The van der Waals surface area contributed by atoms with Gasteiger partial charge in [-0.25, -0.2) is 4.79 Å². The van der Waals surface area contributed by atoms with E-state index < -0.39 is 60.4 Å². The van der Waals surface area contributed by atoms with E-state index in [4.69, 9.17) is 16.6 Å². The Morgan fingerprint density at radius 3 is 2.19 bits per heavy atom. The molecule has 4 amide bonds. The van der Waals surface area contributed by atoms with Crippen molar-refractivity contribution < 1.29 is 34.2 Å². The maximum Gasteiger partial charge on any atom is 0.326 e. The average Bonchev–Trinajstić information content (AvgIpc) is 3.26. The number of fused-ring (bicyclic) bond motifs is 1. The van der Waals surface area contributed by atoms with Gasteiger partial charge in [0.1, 0.15) is 24.2 Å². The summed E-state index contributed by atoms with van der Waals surface area (Å²) in [5, 5.41) is 26.6. The summed E-state index contributed by atoms with van der Waals surface area (Å²) >= 11 is 4.07. The van der Waals surface area contributed by atoms with E-state index in [2.05, 4.69) is 33.6 Å². The second kappa shape index (κ2) is 13.5. The van der Waals surface area contributed by atoms with Gasteiger partial charge in [-0.15, -0.1) is 0 Å². The number of amides is 4. The fourth-order valence-corrected chi connectivity index (χ4v) is 3.63. The van der Waals surface area contributed by atoms with Crippen LogP contribution in [0.4, 0.5) is 0 Å². The van der Waals surface area contributed by atoms with Gasteiger partial charge < -0.3 is 42.6 Å². The molecule has 1 aromatic carbocycles. The minimum Gasteiger partial charge on any atom is -0.480 e. The number of carboxylic acids is 1. The number of nitrogens with two attached hydrogens (primary N) is 2. The molecule has 2 rings (SSSR count). The second-order valence-corrected chi connectivity index (χ2v) is 8.43. The highest BCUT2D eigenvalue weighted by atomic mass is 32.1. The number of primary amides is 1. The SMILES string of the molecule is NC(=O)CCC(NC(=O)C(N)CO)C(=O)NC(CS)C(=O)NC(Cc1c[nH]c2ccccc12)C(=O)O. The molecule has 196 valence electrons. The monoisotopic (exact) mass is 522 g/mol. The Morgan fingerprint density at radius 2 is 1.58 bits per heavy atom. The molecule has 0 saturated carbocycles. The number of rotatable bonds is 14. The van der Waals surface area contributed by atoms with Crippen LogP contribution in [0.1, 0.15) is 18.4 Å². The van der Waals surface area contributed by atoms with Gasteiger partial charge in [0, 0.05) is 35.7 Å². The van der Waals surface area contributed by atoms with Crippen molar-refractivity contribution in [3.8, 4) is 0 Å². The third-order valence-corrected chi connectivity index (χ3v) is 5.74. The standard InChI is InChI=1S/C22H30N6O7S/c23-13(9-29)19(31)26-15(5-6-18(24)30)20(32)28-17(10-36)21(33)27-16(22(34)35)7-11-8-25-14-4-2-1-3-12(11)14/h1-4,8,13,15-17,25,29,36H,5-7,9-10,23H2,(H2,24,30)(H,26,31)(H,27,33)(H,28,32)(H,34,35). The number of aliphatic hydroxyl groups is 1. The Labute approximate surface area is 211 Å². The van der Waals surface area contributed by atoms with Crippen LogP contribution in [-0.2, 0) is 30.4 Å². The van der Waals surface area contributed by atoms with Crippen molar-refractivity contribution in [2.75, 3.05) is 12.4 Å². The number of aliphatic hydroxyl groups excluding tert-OH is 1. The number of carboxylic acid groups (broad SMARTS) is 1. The van der Waals surface area contributed by atoms with Gasteiger partial charge >= 0.3 is 5.97 Å². The van der Waals surface area contributed by atoms with Gasteiger partial charge in [-0.2, -0.15) is 12.6 Å². The molecule has 0 saturated heterocycles. The highest BCUT2D eigenvalue weighted by molar-refractivity contribution is 7.80. The molecule has 0 aliphatic heterocycles. The maximum atomic E-state index is 12.8. The van der Waals surface area contributed by atoms with E-state index in [1.807, 2.05) is 18.2 Å². The van der Waals surface area contributed by atoms with Crippen molar-refractivity contribution in [3.05, 3.63) is 36.0 Å². The normalized spacial score (nSPS) is 14.3. The van der Waals surface area contributed by atoms with E-state index in [-0.39, 0.29) is 25.0 Å². The van der Waals surface area contributed by atoms with Crippen LogP contribution >= 0.6 is 12.6 Å². The van der Waals surface area contributed by atoms with Crippen LogP contribution in [0.25, 0.3) is 10.9 Å². The van der Waals surface area contributed by atoms with Crippen LogP contribution in [-0.4, -0.2) is 81.3 Å². The number of aliphatic carboxylic acids is 1. The van der Waals surface area contributed by atoms with Crippen LogP contribution < -0.4 is 27.4 Å². The molecular formula is C22H30N6O7S. The molecule has 4 unspecified atom stereocenters. The molecule has 4 atom stereocenters. The summed E-state index contributed by atoms with van der Waals surface area (Å²) in [5.74, 6) is -4.69. The van der Waals surface area contributed by atoms with Gasteiger partial charge in [-0.05, 0) is 18.1 Å². The van der Waals surface area contributed by atoms with Crippen molar-refractivity contribution in [1.82, 2.24) is 20.9 Å². The molecule has 2 aromatic rings. The smallest absolute Gasteiger partial charge is 0.326 e. The summed E-state index contributed by atoms with van der Waals surface area (Å²) in [6, 6.07) is 2.13. The van der Waals surface area contributed by atoms with E-state index in [9.17, 15) is 29.1 Å². The van der Waals surface area contributed by atoms with Gasteiger partial charge in [-0.1, -0.05) is 18.2 Å². The van der Waals surface area contributed by atoms with E-state index >= 15 is 0 Å². The maximum absolute atomic E-state index is 12.8. The number of nitrogens with one attached hydrogen (secondary N) is 4. The average molecular weight is 523 g/mol. The first-order valence-corrected chi connectivity index (χ1v) is 11.6. The molecule has 0 aliphatic rings. The highest BCUT2D eigenvalue weighted by Crippen LogP contribution is 2.19. The molecule has 0 aliphatic carbocycles. The lowest BCUT2D eigenvalue weighted by atomic mass is 10.0. The van der Waals surface area contributed by atoms with Crippen LogP contribution in [0.2, 0.25) is 0 Å². The number of aromatic nitrogens is 1. The van der Waals surface area contributed by atoms with Gasteiger partial charge in [0.2, 0.25) is 23.6 Å². The Kier molecular flexibility index (Phi) is 10.7. The van der Waals surface area contributed by atoms with Gasteiger partial charge in [0.05, 0.1) is 6.61 Å². The summed E-state index contributed by atoms with van der Waals surface area (Å²) in [4.78, 5) is 63.7. The largest absolute Gasteiger partial charge is 0.480 e. The summed E-state index contributed by atoms with van der Waals surface area (Å²) < 4.78 is 0. The number of carbonyl (C=O) groups excluding carboxylic acids is 4. The minimum absolute atomic E-state index is 0.0192. The summed E-state index contributed by atoms with van der Waals surface area (Å²) in [5.41, 5.74) is 12.1. The minimum atomic E-state index is -1.31. The van der Waals surface area contributed by atoms with Crippen LogP contribution in [0.15, 0.2) is 30.5 Å². The Balaban J connectivity index is 2.10. The van der Waals surface area contributed by atoms with Gasteiger partial charge in [-0.3, -0.25) is 19.2 Å².